The molecule has 2 aromatic carbocycles. The molecule has 0 radical (unpaired) electrons. The largest absolute Gasteiger partial charge is 0.506 e. The molecule has 0 amide bonds. The quantitative estimate of drug-likeness (QED) is 0.425. The van der Waals surface area contributed by atoms with Crippen LogP contribution in [0.2, 0.25) is 0 Å². The Labute approximate surface area is 112 Å². The van der Waals surface area contributed by atoms with Crippen LogP contribution in [-0.2, 0) is 0 Å². The summed E-state index contributed by atoms with van der Waals surface area (Å²) in [6.07, 6.45) is 0. The first-order valence-electron chi connectivity index (χ1n) is 6.08. The van der Waals surface area contributed by atoms with Crippen LogP contribution in [0.15, 0.2) is 36.4 Å². The Hall–Kier alpha value is -3.02. The summed E-state index contributed by atoms with van der Waals surface area (Å²) in [6, 6.07) is 10.3. The third-order valence-electron chi connectivity index (χ3n) is 3.21. The Balaban J connectivity index is 1.96. The van der Waals surface area contributed by atoms with Crippen LogP contribution in [0.5, 0.6) is 11.5 Å². The van der Waals surface area contributed by atoms with Crippen LogP contribution in [0.3, 0.4) is 0 Å². The van der Waals surface area contributed by atoms with E-state index in [9.17, 15) is 10.2 Å². The van der Waals surface area contributed by atoms with Gasteiger partial charge in [-0.15, -0.1) is 0 Å². The van der Waals surface area contributed by atoms with Gasteiger partial charge >= 0.3 is 0 Å². The summed E-state index contributed by atoms with van der Waals surface area (Å²) in [5.41, 5.74) is 2.44. The van der Waals surface area contributed by atoms with E-state index in [2.05, 4.69) is 19.9 Å². The highest BCUT2D eigenvalue weighted by Gasteiger charge is 2.13. The third kappa shape index (κ3) is 1.45. The molecule has 0 saturated heterocycles. The van der Waals surface area contributed by atoms with Crippen molar-refractivity contribution in [2.24, 2.45) is 0 Å². The number of H-pyrrole nitrogens is 2. The number of aromatic nitrogens is 4. The SMILES string of the molecule is Oc1cccc2[nH]c(-c3nc4c(O)cccc4[nH]3)nc12. The number of phenols is 2. The molecule has 0 fully saturated rings. The molecule has 6 nitrogen and oxygen atoms in total. The van der Waals surface area contributed by atoms with Gasteiger partial charge in [0.15, 0.2) is 11.6 Å². The van der Waals surface area contributed by atoms with E-state index >= 15 is 0 Å². The van der Waals surface area contributed by atoms with Crippen LogP contribution < -0.4 is 0 Å². The van der Waals surface area contributed by atoms with Gasteiger partial charge in [-0.2, -0.15) is 0 Å². The molecule has 98 valence electrons. The van der Waals surface area contributed by atoms with E-state index in [1.807, 2.05) is 12.1 Å². The lowest BCUT2D eigenvalue weighted by molar-refractivity contribution is 0.480. The Morgan fingerprint density at radius 2 is 1.15 bits per heavy atom. The van der Waals surface area contributed by atoms with Gasteiger partial charge in [0.25, 0.3) is 0 Å². The van der Waals surface area contributed by atoms with Crippen LogP contribution in [0, 0.1) is 0 Å². The molecule has 0 aliphatic heterocycles. The lowest BCUT2D eigenvalue weighted by atomic mass is 10.3. The number of fused-ring (bicyclic) bond motifs is 2. The number of aromatic hydroxyl groups is 2. The van der Waals surface area contributed by atoms with Crippen LogP contribution >= 0.6 is 0 Å². The normalized spacial score (nSPS) is 11.4. The molecule has 4 rings (SSSR count). The van der Waals surface area contributed by atoms with E-state index in [1.165, 1.54) is 0 Å². The summed E-state index contributed by atoms with van der Waals surface area (Å²) in [5.74, 6) is 1.25. The lowest BCUT2D eigenvalue weighted by Gasteiger charge is -1.89. The standard InChI is InChI=1S/C14H10N4O2/c19-9-5-1-3-7-11(9)17-13(15-7)14-16-8-4-2-6-10(20)12(8)18-14/h1-6,19-20H,(H,15,17)(H,16,18). The van der Waals surface area contributed by atoms with Gasteiger partial charge in [-0.05, 0) is 24.3 Å². The zero-order chi connectivity index (χ0) is 13.7. The number of aromatic amines is 2. The number of rotatable bonds is 1. The number of nitrogens with zero attached hydrogens (tertiary/aromatic N) is 2. The Kier molecular flexibility index (Phi) is 2.03. The van der Waals surface area contributed by atoms with E-state index in [1.54, 1.807) is 24.3 Å². The second kappa shape index (κ2) is 3.74. The first-order valence-corrected chi connectivity index (χ1v) is 6.08. The highest BCUT2D eigenvalue weighted by molar-refractivity contribution is 5.87. The van der Waals surface area contributed by atoms with Crippen LogP contribution in [0.25, 0.3) is 33.7 Å². The van der Waals surface area contributed by atoms with E-state index in [-0.39, 0.29) is 11.5 Å². The second-order valence-corrected chi connectivity index (χ2v) is 4.52. The molecule has 20 heavy (non-hydrogen) atoms. The second-order valence-electron chi connectivity index (χ2n) is 4.52. The van der Waals surface area contributed by atoms with Crippen molar-refractivity contribution in [1.29, 1.82) is 0 Å². The minimum absolute atomic E-state index is 0.115. The maximum absolute atomic E-state index is 9.76. The number of imidazole rings is 2. The first kappa shape index (κ1) is 10.9. The van der Waals surface area contributed by atoms with Crippen LogP contribution in [0.4, 0.5) is 0 Å². The number of phenolic OH excluding ortho intramolecular Hbond substituents is 2. The minimum Gasteiger partial charge on any atom is -0.506 e. The van der Waals surface area contributed by atoms with Gasteiger partial charge in [-0.3, -0.25) is 0 Å². The number of nitrogens with one attached hydrogen (secondary N) is 2. The highest BCUT2D eigenvalue weighted by Crippen LogP contribution is 2.28. The fourth-order valence-corrected chi connectivity index (χ4v) is 2.26. The molecule has 0 unspecified atom stereocenters. The Morgan fingerprint density at radius 1 is 0.700 bits per heavy atom. The van der Waals surface area contributed by atoms with Gasteiger partial charge in [0.2, 0.25) is 0 Å². The van der Waals surface area contributed by atoms with Crippen LogP contribution in [-0.4, -0.2) is 30.1 Å². The zero-order valence-electron chi connectivity index (χ0n) is 10.3. The molecule has 2 aromatic heterocycles. The maximum atomic E-state index is 9.76. The van der Waals surface area contributed by atoms with Crippen molar-refractivity contribution >= 4 is 22.1 Å². The number of benzene rings is 2. The van der Waals surface area contributed by atoms with Crippen molar-refractivity contribution in [3.8, 4) is 23.1 Å². The summed E-state index contributed by atoms with van der Waals surface area (Å²) >= 11 is 0. The fourth-order valence-electron chi connectivity index (χ4n) is 2.26. The lowest BCUT2D eigenvalue weighted by Crippen LogP contribution is -1.82. The molecule has 0 saturated carbocycles. The molecule has 0 aliphatic carbocycles. The molecular formula is C14H10N4O2. The molecule has 0 spiro atoms. The Bertz CT molecular complexity index is 861. The molecule has 0 atom stereocenters. The molecular weight excluding hydrogens is 256 g/mol. The average molecular weight is 266 g/mol. The number of hydrogen-bond acceptors (Lipinski definition) is 4. The van der Waals surface area contributed by atoms with Gasteiger partial charge < -0.3 is 20.2 Å². The third-order valence-corrected chi connectivity index (χ3v) is 3.21. The van der Waals surface area contributed by atoms with Crippen molar-refractivity contribution in [2.45, 2.75) is 0 Å². The van der Waals surface area contributed by atoms with Crippen LogP contribution in [0.1, 0.15) is 0 Å². The predicted molar refractivity (Wildman–Crippen MR) is 74.5 cm³/mol. The van der Waals surface area contributed by atoms with Gasteiger partial charge in [0.05, 0.1) is 11.0 Å². The van der Waals surface area contributed by atoms with E-state index in [0.29, 0.717) is 22.7 Å². The summed E-state index contributed by atoms with van der Waals surface area (Å²) in [6.45, 7) is 0. The monoisotopic (exact) mass is 266 g/mol. The van der Waals surface area contributed by atoms with Crippen molar-refractivity contribution in [2.75, 3.05) is 0 Å². The molecule has 0 bridgehead atoms. The molecule has 2 heterocycles. The van der Waals surface area contributed by atoms with Gasteiger partial charge in [0, 0.05) is 0 Å². The fraction of sp³-hybridized carbons (Fsp3) is 0. The number of hydrogen-bond donors (Lipinski definition) is 4. The summed E-state index contributed by atoms with van der Waals surface area (Å²) in [4.78, 5) is 14.8. The number of para-hydroxylation sites is 2. The minimum atomic E-state index is 0.115. The zero-order valence-corrected chi connectivity index (χ0v) is 10.3. The Morgan fingerprint density at radius 3 is 1.55 bits per heavy atom. The first-order chi connectivity index (χ1) is 9.72. The predicted octanol–water partition coefficient (Wildman–Crippen LogP) is 2.52. The molecule has 0 aliphatic rings. The summed E-state index contributed by atoms with van der Waals surface area (Å²) < 4.78 is 0. The smallest absolute Gasteiger partial charge is 0.174 e. The van der Waals surface area contributed by atoms with Crippen molar-refractivity contribution in [1.82, 2.24) is 19.9 Å². The van der Waals surface area contributed by atoms with E-state index in [0.717, 1.165) is 11.0 Å². The maximum Gasteiger partial charge on any atom is 0.174 e. The van der Waals surface area contributed by atoms with Gasteiger partial charge in [-0.1, -0.05) is 12.1 Å². The van der Waals surface area contributed by atoms with E-state index < -0.39 is 0 Å². The van der Waals surface area contributed by atoms with Crippen molar-refractivity contribution in [3.63, 3.8) is 0 Å². The molecule has 4 aromatic rings. The summed E-state index contributed by atoms with van der Waals surface area (Å²) in [5, 5.41) is 19.5. The molecule has 4 N–H and O–H groups in total. The van der Waals surface area contributed by atoms with Gasteiger partial charge in [0.1, 0.15) is 22.5 Å². The highest BCUT2D eigenvalue weighted by atomic mass is 16.3. The molecule has 6 heteroatoms. The van der Waals surface area contributed by atoms with E-state index in [4.69, 9.17) is 0 Å². The van der Waals surface area contributed by atoms with Crippen molar-refractivity contribution in [3.05, 3.63) is 36.4 Å². The average Bonchev–Trinajstić information content (AvgIpc) is 3.03. The van der Waals surface area contributed by atoms with Crippen molar-refractivity contribution < 1.29 is 10.2 Å². The van der Waals surface area contributed by atoms with Gasteiger partial charge in [-0.25, -0.2) is 9.97 Å². The topological polar surface area (TPSA) is 97.8 Å². The summed E-state index contributed by atoms with van der Waals surface area (Å²) in [7, 11) is 0.